The van der Waals surface area contributed by atoms with Gasteiger partial charge in [-0.25, -0.2) is 0 Å². The number of guanidine groups is 1. The Labute approximate surface area is 140 Å². The number of aliphatic imine (C=N–C) groups is 1. The number of nitrogens with zero attached hydrogens (tertiary/aromatic N) is 1. The van der Waals surface area contributed by atoms with Crippen molar-refractivity contribution in [1.29, 1.82) is 0 Å². The fourth-order valence-electron chi connectivity index (χ4n) is 3.38. The van der Waals surface area contributed by atoms with Gasteiger partial charge in [0, 0.05) is 30.5 Å². The number of hydrogen-bond acceptors (Lipinski definition) is 3. The van der Waals surface area contributed by atoms with Crippen LogP contribution in [0.4, 0.5) is 0 Å². The van der Waals surface area contributed by atoms with Crippen molar-refractivity contribution < 1.29 is 4.74 Å². The maximum absolute atomic E-state index is 5.55. The number of nitrogens with one attached hydrogen (secondary N) is 2. The largest absolute Gasteiger partial charge is 0.381 e. The predicted octanol–water partition coefficient (Wildman–Crippen LogP) is 3.18. The Kier molecular flexibility index (Phi) is 7.87. The van der Waals surface area contributed by atoms with Gasteiger partial charge in [-0.3, -0.25) is 4.99 Å². The first-order valence-electron chi connectivity index (χ1n) is 9.04. The lowest BCUT2D eigenvalue weighted by Crippen LogP contribution is -2.45. The Morgan fingerprint density at radius 2 is 1.91 bits per heavy atom. The Morgan fingerprint density at radius 1 is 1.18 bits per heavy atom. The molecule has 2 aliphatic rings. The summed E-state index contributed by atoms with van der Waals surface area (Å²) >= 11 is 2.06. The molecule has 1 heterocycles. The molecule has 0 spiro atoms. The predicted molar refractivity (Wildman–Crippen MR) is 96.9 cm³/mol. The van der Waals surface area contributed by atoms with Crippen molar-refractivity contribution in [2.24, 2.45) is 4.99 Å². The van der Waals surface area contributed by atoms with E-state index in [1.165, 1.54) is 32.1 Å². The standard InChI is InChI=1S/C17H33N3OS/c1-3-18-16(20-15-8-6-5-7-9-15)19-14-17(22-4-2)10-12-21-13-11-17/h15H,3-14H2,1-2H3,(H2,18,19,20). The lowest BCUT2D eigenvalue weighted by Gasteiger charge is -2.35. The molecule has 1 aliphatic carbocycles. The summed E-state index contributed by atoms with van der Waals surface area (Å²) in [4.78, 5) is 4.94. The first-order valence-corrected chi connectivity index (χ1v) is 10.0. The minimum Gasteiger partial charge on any atom is -0.381 e. The first-order chi connectivity index (χ1) is 10.8. The Hall–Kier alpha value is -0.420. The summed E-state index contributed by atoms with van der Waals surface area (Å²) in [7, 11) is 0. The van der Waals surface area contributed by atoms with Crippen LogP contribution in [-0.2, 0) is 4.74 Å². The highest BCUT2D eigenvalue weighted by Crippen LogP contribution is 2.35. The van der Waals surface area contributed by atoms with Crippen LogP contribution in [0.3, 0.4) is 0 Å². The summed E-state index contributed by atoms with van der Waals surface area (Å²) in [6.45, 7) is 7.98. The summed E-state index contributed by atoms with van der Waals surface area (Å²) in [5.41, 5.74) is 0. The number of rotatable bonds is 6. The second kappa shape index (κ2) is 9.66. The molecule has 0 atom stereocenters. The first kappa shape index (κ1) is 17.9. The molecule has 0 amide bonds. The topological polar surface area (TPSA) is 45.7 Å². The van der Waals surface area contributed by atoms with Crippen molar-refractivity contribution in [2.45, 2.75) is 69.6 Å². The van der Waals surface area contributed by atoms with Crippen LogP contribution in [0.15, 0.2) is 4.99 Å². The lowest BCUT2D eigenvalue weighted by molar-refractivity contribution is 0.0793. The van der Waals surface area contributed by atoms with E-state index in [0.717, 1.165) is 50.9 Å². The zero-order valence-electron chi connectivity index (χ0n) is 14.3. The van der Waals surface area contributed by atoms with Crippen LogP contribution in [0.2, 0.25) is 0 Å². The Morgan fingerprint density at radius 3 is 2.55 bits per heavy atom. The number of thioether (sulfide) groups is 1. The molecule has 0 radical (unpaired) electrons. The fraction of sp³-hybridized carbons (Fsp3) is 0.941. The van der Waals surface area contributed by atoms with Gasteiger partial charge in [0.25, 0.3) is 0 Å². The molecule has 0 bridgehead atoms. The summed E-state index contributed by atoms with van der Waals surface area (Å²) in [5.74, 6) is 2.17. The molecule has 0 aromatic heterocycles. The van der Waals surface area contributed by atoms with Gasteiger partial charge in [-0.05, 0) is 38.4 Å². The average molecular weight is 328 g/mol. The highest BCUT2D eigenvalue weighted by molar-refractivity contribution is 8.00. The molecule has 0 aromatic rings. The van der Waals surface area contributed by atoms with E-state index < -0.39 is 0 Å². The number of hydrogen-bond donors (Lipinski definition) is 2. The molecular formula is C17H33N3OS. The van der Waals surface area contributed by atoms with Crippen LogP contribution < -0.4 is 10.6 Å². The van der Waals surface area contributed by atoms with Crippen molar-refractivity contribution in [1.82, 2.24) is 10.6 Å². The minimum atomic E-state index is 0.280. The summed E-state index contributed by atoms with van der Waals surface area (Å²) in [6.07, 6.45) is 8.91. The SMILES string of the molecule is CCNC(=NCC1(SCC)CCOCC1)NC1CCCCC1. The summed E-state index contributed by atoms with van der Waals surface area (Å²) in [5, 5.41) is 7.08. The maximum atomic E-state index is 5.55. The van der Waals surface area contributed by atoms with Gasteiger partial charge in [0.05, 0.1) is 6.54 Å². The molecule has 22 heavy (non-hydrogen) atoms. The van der Waals surface area contributed by atoms with E-state index in [2.05, 4.69) is 36.2 Å². The molecule has 2 N–H and O–H groups in total. The maximum Gasteiger partial charge on any atom is 0.191 e. The second-order valence-electron chi connectivity index (χ2n) is 6.40. The molecule has 0 unspecified atom stereocenters. The third-order valence-electron chi connectivity index (χ3n) is 4.67. The van der Waals surface area contributed by atoms with Gasteiger partial charge in [-0.2, -0.15) is 11.8 Å². The van der Waals surface area contributed by atoms with Gasteiger partial charge in [0.2, 0.25) is 0 Å². The molecule has 2 fully saturated rings. The molecule has 128 valence electrons. The normalized spacial score (nSPS) is 23.3. The lowest BCUT2D eigenvalue weighted by atomic mass is 9.96. The van der Waals surface area contributed by atoms with E-state index in [9.17, 15) is 0 Å². The van der Waals surface area contributed by atoms with Gasteiger partial charge in [-0.15, -0.1) is 0 Å². The third kappa shape index (κ3) is 5.65. The van der Waals surface area contributed by atoms with Gasteiger partial charge in [0.15, 0.2) is 5.96 Å². The van der Waals surface area contributed by atoms with Crippen LogP contribution in [0, 0.1) is 0 Å². The highest BCUT2D eigenvalue weighted by atomic mass is 32.2. The van der Waals surface area contributed by atoms with Crippen LogP contribution in [0.5, 0.6) is 0 Å². The fourth-order valence-corrected chi connectivity index (χ4v) is 4.60. The van der Waals surface area contributed by atoms with Gasteiger partial charge < -0.3 is 15.4 Å². The average Bonchev–Trinajstić information content (AvgIpc) is 2.55. The minimum absolute atomic E-state index is 0.280. The molecule has 5 heteroatoms. The van der Waals surface area contributed by atoms with Gasteiger partial charge in [-0.1, -0.05) is 26.2 Å². The van der Waals surface area contributed by atoms with Gasteiger partial charge in [0.1, 0.15) is 0 Å². The molecule has 2 rings (SSSR count). The van der Waals surface area contributed by atoms with Crippen molar-refractivity contribution >= 4 is 17.7 Å². The van der Waals surface area contributed by atoms with E-state index in [-0.39, 0.29) is 4.75 Å². The quantitative estimate of drug-likeness (QED) is 0.581. The van der Waals surface area contributed by atoms with Gasteiger partial charge >= 0.3 is 0 Å². The number of ether oxygens (including phenoxy) is 1. The molecule has 0 aromatic carbocycles. The summed E-state index contributed by atoms with van der Waals surface area (Å²) < 4.78 is 5.83. The molecule has 1 saturated carbocycles. The van der Waals surface area contributed by atoms with Crippen LogP contribution in [-0.4, -0.2) is 48.8 Å². The molecule has 4 nitrogen and oxygen atoms in total. The summed E-state index contributed by atoms with van der Waals surface area (Å²) in [6, 6.07) is 0.607. The monoisotopic (exact) mass is 327 g/mol. The van der Waals surface area contributed by atoms with Crippen molar-refractivity contribution in [3.8, 4) is 0 Å². The second-order valence-corrected chi connectivity index (χ2v) is 8.13. The Bertz CT molecular complexity index is 331. The van der Waals surface area contributed by atoms with E-state index in [1.54, 1.807) is 0 Å². The van der Waals surface area contributed by atoms with E-state index >= 15 is 0 Å². The van der Waals surface area contributed by atoms with E-state index in [1.807, 2.05) is 0 Å². The zero-order valence-corrected chi connectivity index (χ0v) is 15.1. The van der Waals surface area contributed by atoms with Crippen molar-refractivity contribution in [3.05, 3.63) is 0 Å². The smallest absolute Gasteiger partial charge is 0.191 e. The Balaban J connectivity index is 1.94. The van der Waals surface area contributed by atoms with Crippen LogP contribution >= 0.6 is 11.8 Å². The van der Waals surface area contributed by atoms with E-state index in [4.69, 9.17) is 9.73 Å². The highest BCUT2D eigenvalue weighted by Gasteiger charge is 2.32. The van der Waals surface area contributed by atoms with Crippen LogP contribution in [0.1, 0.15) is 58.8 Å². The van der Waals surface area contributed by atoms with Crippen molar-refractivity contribution in [2.75, 3.05) is 32.1 Å². The van der Waals surface area contributed by atoms with E-state index in [0.29, 0.717) is 6.04 Å². The molecule has 1 aliphatic heterocycles. The van der Waals surface area contributed by atoms with Crippen molar-refractivity contribution in [3.63, 3.8) is 0 Å². The van der Waals surface area contributed by atoms with Crippen LogP contribution in [0.25, 0.3) is 0 Å². The third-order valence-corrected chi connectivity index (χ3v) is 6.11. The molecule has 1 saturated heterocycles. The zero-order chi connectivity index (χ0) is 15.7. The molecular weight excluding hydrogens is 294 g/mol.